The molecule has 0 amide bonds. The number of aromatic nitrogens is 1. The summed E-state index contributed by atoms with van der Waals surface area (Å²) in [6.45, 7) is 2.08. The third-order valence-corrected chi connectivity index (χ3v) is 3.95. The van der Waals surface area contributed by atoms with Gasteiger partial charge in [0.25, 0.3) is 5.56 Å². The van der Waals surface area contributed by atoms with E-state index in [4.69, 9.17) is 4.74 Å². The Hall–Kier alpha value is -2.88. The molecule has 3 rings (SSSR count). The molecule has 0 radical (unpaired) electrons. The molecular weight excluding hydrogens is 290 g/mol. The molecule has 0 fully saturated rings. The van der Waals surface area contributed by atoms with Crippen molar-refractivity contribution >= 4 is 16.7 Å². The Morgan fingerprint density at radius 1 is 1.04 bits per heavy atom. The summed E-state index contributed by atoms with van der Waals surface area (Å²) in [5.41, 5.74) is 2.14. The van der Waals surface area contributed by atoms with Crippen molar-refractivity contribution in [2.75, 3.05) is 7.11 Å². The van der Waals surface area contributed by atoms with Crippen molar-refractivity contribution in [3.63, 3.8) is 0 Å². The van der Waals surface area contributed by atoms with Crippen molar-refractivity contribution in [3.05, 3.63) is 76.2 Å². The Morgan fingerprint density at radius 3 is 2.30 bits per heavy atom. The molecule has 3 aromatic rings. The number of aryl methyl sites for hydroxylation is 1. The first-order chi connectivity index (χ1) is 11.2. The maximum absolute atomic E-state index is 12.8. The van der Waals surface area contributed by atoms with Crippen molar-refractivity contribution in [2.45, 2.75) is 13.3 Å². The number of hydrogen-bond donors (Lipinski definition) is 0. The normalized spacial score (nSPS) is 10.7. The van der Waals surface area contributed by atoms with Crippen molar-refractivity contribution in [3.8, 4) is 5.69 Å². The van der Waals surface area contributed by atoms with Gasteiger partial charge in [0.2, 0.25) is 0 Å². The number of methoxy groups -OCH3 is 1. The van der Waals surface area contributed by atoms with Crippen LogP contribution < -0.4 is 5.56 Å². The first kappa shape index (κ1) is 15.0. The monoisotopic (exact) mass is 307 g/mol. The van der Waals surface area contributed by atoms with E-state index >= 15 is 0 Å². The van der Waals surface area contributed by atoms with E-state index in [9.17, 15) is 9.59 Å². The molecule has 0 N–H and O–H groups in total. The Labute approximate surface area is 133 Å². The van der Waals surface area contributed by atoms with Crippen molar-refractivity contribution in [1.82, 2.24) is 4.57 Å². The molecule has 0 unspecified atom stereocenters. The van der Waals surface area contributed by atoms with Crippen LogP contribution in [0.1, 0.15) is 22.8 Å². The van der Waals surface area contributed by atoms with Crippen molar-refractivity contribution in [2.24, 2.45) is 0 Å². The molecule has 0 aliphatic rings. The van der Waals surface area contributed by atoms with E-state index in [-0.39, 0.29) is 5.56 Å². The van der Waals surface area contributed by atoms with E-state index < -0.39 is 5.97 Å². The zero-order chi connectivity index (χ0) is 16.4. The molecule has 2 aromatic carbocycles. The summed E-state index contributed by atoms with van der Waals surface area (Å²) in [7, 11) is 1.34. The lowest BCUT2D eigenvalue weighted by molar-refractivity contribution is 0.0602. The van der Waals surface area contributed by atoms with Crippen LogP contribution in [-0.2, 0) is 11.2 Å². The summed E-state index contributed by atoms with van der Waals surface area (Å²) in [4.78, 5) is 24.8. The van der Waals surface area contributed by atoms with Crippen LogP contribution >= 0.6 is 0 Å². The quantitative estimate of drug-likeness (QED) is 0.697. The number of fused-ring (bicyclic) bond motifs is 1. The van der Waals surface area contributed by atoms with Crippen molar-refractivity contribution in [1.29, 1.82) is 0 Å². The highest BCUT2D eigenvalue weighted by molar-refractivity contribution is 6.04. The molecule has 1 aromatic heterocycles. The van der Waals surface area contributed by atoms with E-state index in [1.165, 1.54) is 17.2 Å². The van der Waals surface area contributed by atoms with Gasteiger partial charge in [-0.05, 0) is 30.2 Å². The van der Waals surface area contributed by atoms with Gasteiger partial charge in [-0.15, -0.1) is 0 Å². The van der Waals surface area contributed by atoms with Crippen LogP contribution in [0.2, 0.25) is 0 Å². The van der Waals surface area contributed by atoms with Crippen LogP contribution in [0.25, 0.3) is 16.5 Å². The van der Waals surface area contributed by atoms with Gasteiger partial charge in [-0.3, -0.25) is 9.36 Å². The molecule has 0 atom stereocenters. The number of carbonyl (C=O) groups is 1. The third kappa shape index (κ3) is 2.63. The summed E-state index contributed by atoms with van der Waals surface area (Å²) < 4.78 is 6.35. The molecule has 116 valence electrons. The average molecular weight is 307 g/mol. The molecule has 0 saturated carbocycles. The Balaban J connectivity index is 2.30. The maximum Gasteiger partial charge on any atom is 0.340 e. The molecule has 0 aliphatic heterocycles. The van der Waals surface area contributed by atoms with Gasteiger partial charge in [0.15, 0.2) is 0 Å². The number of carbonyl (C=O) groups excluding carboxylic acids is 1. The highest BCUT2D eigenvalue weighted by Gasteiger charge is 2.15. The van der Waals surface area contributed by atoms with E-state index in [1.807, 2.05) is 24.3 Å². The Morgan fingerprint density at radius 2 is 1.70 bits per heavy atom. The van der Waals surface area contributed by atoms with Crippen molar-refractivity contribution < 1.29 is 9.53 Å². The van der Waals surface area contributed by atoms with Crippen LogP contribution in [0.4, 0.5) is 0 Å². The van der Waals surface area contributed by atoms with Crippen LogP contribution in [0, 0.1) is 0 Å². The van der Waals surface area contributed by atoms with Crippen LogP contribution in [-0.4, -0.2) is 17.6 Å². The summed E-state index contributed by atoms with van der Waals surface area (Å²) in [5.74, 6) is -0.458. The summed E-state index contributed by atoms with van der Waals surface area (Å²) in [6, 6.07) is 14.8. The smallest absolute Gasteiger partial charge is 0.340 e. The minimum atomic E-state index is -0.458. The van der Waals surface area contributed by atoms with Gasteiger partial charge in [0, 0.05) is 22.7 Å². The van der Waals surface area contributed by atoms with E-state index in [2.05, 4.69) is 6.92 Å². The largest absolute Gasteiger partial charge is 0.465 e. The molecule has 0 spiro atoms. The summed E-state index contributed by atoms with van der Waals surface area (Å²) >= 11 is 0. The fraction of sp³-hybridized carbons (Fsp3) is 0.158. The molecule has 4 heteroatoms. The molecular formula is C19H17NO3. The minimum Gasteiger partial charge on any atom is -0.465 e. The molecule has 0 aliphatic carbocycles. The third-order valence-electron chi connectivity index (χ3n) is 3.95. The Bertz CT molecular complexity index is 923. The predicted octanol–water partition coefficient (Wildman–Crippen LogP) is 3.34. The second-order valence-electron chi connectivity index (χ2n) is 5.28. The van der Waals surface area contributed by atoms with E-state index in [0.717, 1.165) is 12.1 Å². The van der Waals surface area contributed by atoms with E-state index in [0.29, 0.717) is 16.3 Å². The topological polar surface area (TPSA) is 48.3 Å². The highest BCUT2D eigenvalue weighted by Crippen LogP contribution is 2.18. The second-order valence-corrected chi connectivity index (χ2v) is 5.28. The van der Waals surface area contributed by atoms with Gasteiger partial charge in [-0.25, -0.2) is 4.79 Å². The number of rotatable bonds is 3. The minimum absolute atomic E-state index is 0.155. The zero-order valence-electron chi connectivity index (χ0n) is 13.1. The van der Waals surface area contributed by atoms with Gasteiger partial charge in [-0.1, -0.05) is 37.3 Å². The number of ether oxygens (including phenoxy) is 1. The van der Waals surface area contributed by atoms with Crippen LogP contribution in [0.3, 0.4) is 0 Å². The highest BCUT2D eigenvalue weighted by atomic mass is 16.5. The molecule has 23 heavy (non-hydrogen) atoms. The molecule has 0 bridgehead atoms. The fourth-order valence-electron chi connectivity index (χ4n) is 2.65. The standard InChI is InChI=1S/C19H17NO3/c1-3-13-8-10-14(11-9-13)20-12-17(19(22)23-2)15-6-4-5-7-16(15)18(20)21/h4-12H,3H2,1-2H3. The first-order valence-electron chi connectivity index (χ1n) is 7.47. The number of esters is 1. The summed E-state index contributed by atoms with van der Waals surface area (Å²) in [5, 5.41) is 1.10. The second kappa shape index (κ2) is 6.08. The lowest BCUT2D eigenvalue weighted by Crippen LogP contribution is -2.20. The van der Waals surface area contributed by atoms with E-state index in [1.54, 1.807) is 30.5 Å². The maximum atomic E-state index is 12.8. The molecule has 0 saturated heterocycles. The van der Waals surface area contributed by atoms with Crippen LogP contribution in [0.15, 0.2) is 59.5 Å². The SMILES string of the molecule is CCc1ccc(-n2cc(C(=O)OC)c3ccccc3c2=O)cc1. The number of pyridine rings is 1. The fourth-order valence-corrected chi connectivity index (χ4v) is 2.65. The lowest BCUT2D eigenvalue weighted by Gasteiger charge is -2.11. The van der Waals surface area contributed by atoms with Gasteiger partial charge >= 0.3 is 5.97 Å². The predicted molar refractivity (Wildman–Crippen MR) is 90.3 cm³/mol. The number of nitrogens with zero attached hydrogens (tertiary/aromatic N) is 1. The van der Waals surface area contributed by atoms with Gasteiger partial charge in [0.1, 0.15) is 0 Å². The molecule has 1 heterocycles. The number of benzene rings is 2. The van der Waals surface area contributed by atoms with Gasteiger partial charge in [0.05, 0.1) is 12.7 Å². The molecule has 4 nitrogen and oxygen atoms in total. The van der Waals surface area contributed by atoms with Gasteiger partial charge < -0.3 is 4.74 Å². The zero-order valence-corrected chi connectivity index (χ0v) is 13.1. The number of hydrogen-bond acceptors (Lipinski definition) is 3. The lowest BCUT2D eigenvalue weighted by atomic mass is 10.1. The Kier molecular flexibility index (Phi) is 3.98. The van der Waals surface area contributed by atoms with Crippen LogP contribution in [0.5, 0.6) is 0 Å². The first-order valence-corrected chi connectivity index (χ1v) is 7.47. The summed E-state index contributed by atoms with van der Waals surface area (Å²) in [6.07, 6.45) is 2.48. The average Bonchev–Trinajstić information content (AvgIpc) is 2.62. The van der Waals surface area contributed by atoms with Gasteiger partial charge in [-0.2, -0.15) is 0 Å².